The second-order valence-corrected chi connectivity index (χ2v) is 11.4. The average Bonchev–Trinajstić information content (AvgIpc) is 3.57. The summed E-state index contributed by atoms with van der Waals surface area (Å²) < 4.78 is 31.9. The van der Waals surface area contributed by atoms with Crippen molar-refractivity contribution in [1.82, 2.24) is 29.5 Å². The van der Waals surface area contributed by atoms with Gasteiger partial charge in [-0.1, -0.05) is 74.5 Å². The third-order valence-electron chi connectivity index (χ3n) is 8.61. The molecule has 4 heterocycles. The van der Waals surface area contributed by atoms with E-state index >= 15 is 0 Å². The highest BCUT2D eigenvalue weighted by Crippen LogP contribution is 2.49. The average molecular weight is 515 g/mol. The summed E-state index contributed by atoms with van der Waals surface area (Å²) in [6.45, 7) is 4.39. The van der Waals surface area contributed by atoms with Crippen LogP contribution in [-0.4, -0.2) is 29.5 Å². The molecule has 2 fully saturated rings. The largest absolute Gasteiger partial charge is 0.239 e. The molecule has 0 spiro atoms. The molecule has 8 heteroatoms. The van der Waals surface area contributed by atoms with E-state index in [0.29, 0.717) is 48.2 Å². The van der Waals surface area contributed by atoms with Gasteiger partial charge in [-0.25, -0.2) is 28.1 Å². The van der Waals surface area contributed by atoms with Crippen LogP contribution in [0.4, 0.5) is 8.78 Å². The van der Waals surface area contributed by atoms with Crippen LogP contribution in [0.5, 0.6) is 0 Å². The van der Waals surface area contributed by atoms with Crippen molar-refractivity contribution in [2.75, 3.05) is 0 Å². The normalized spacial score (nSPS) is 32.3. The molecular weight excluding hydrogens is 482 g/mol. The number of aromatic nitrogens is 6. The molecule has 2 saturated carbocycles. The van der Waals surface area contributed by atoms with Gasteiger partial charge in [0.25, 0.3) is 0 Å². The van der Waals surface area contributed by atoms with Crippen LogP contribution in [0.1, 0.15) is 110 Å². The van der Waals surface area contributed by atoms with Crippen LogP contribution >= 0.6 is 0 Å². The Labute approximate surface area is 221 Å². The van der Waals surface area contributed by atoms with Crippen LogP contribution in [0, 0.1) is 11.8 Å². The van der Waals surface area contributed by atoms with Gasteiger partial charge in [-0.3, -0.25) is 0 Å². The number of hydrogen-bond donors (Lipinski definition) is 0. The molecule has 4 aromatic rings. The van der Waals surface area contributed by atoms with Gasteiger partial charge in [0.05, 0.1) is 12.1 Å². The lowest BCUT2D eigenvalue weighted by Gasteiger charge is -2.11. The minimum Gasteiger partial charge on any atom is -0.239 e. The minimum absolute atomic E-state index is 0.00139. The summed E-state index contributed by atoms with van der Waals surface area (Å²) in [6.07, 6.45) is 1.22. The lowest BCUT2D eigenvalue weighted by Crippen LogP contribution is -2.07. The van der Waals surface area contributed by atoms with Gasteiger partial charge in [-0.15, -0.1) is 0 Å². The predicted molar refractivity (Wildman–Crippen MR) is 139 cm³/mol. The zero-order valence-corrected chi connectivity index (χ0v) is 21.7. The van der Waals surface area contributed by atoms with E-state index in [9.17, 15) is 8.78 Å². The van der Waals surface area contributed by atoms with Gasteiger partial charge >= 0.3 is 0 Å². The Kier molecular flexibility index (Phi) is 5.67. The van der Waals surface area contributed by atoms with Crippen molar-refractivity contribution in [3.63, 3.8) is 0 Å². The number of hydrogen-bond acceptors (Lipinski definition) is 4. The second-order valence-electron chi connectivity index (χ2n) is 11.4. The molecule has 0 N–H and O–H groups in total. The summed E-state index contributed by atoms with van der Waals surface area (Å²) in [5, 5.41) is 9.15. The Hall–Kier alpha value is -3.42. The fraction of sp³-hybridized carbons (Fsp3) is 0.467. The van der Waals surface area contributed by atoms with Crippen LogP contribution in [0.2, 0.25) is 0 Å². The maximum absolute atomic E-state index is 14.1. The molecular formula is C30H32F2N6. The van der Waals surface area contributed by atoms with Crippen molar-refractivity contribution in [2.45, 2.75) is 75.8 Å². The molecule has 4 aliphatic rings. The zero-order chi connectivity index (χ0) is 26.0. The Morgan fingerprint density at radius 2 is 0.974 bits per heavy atom. The molecule has 2 aromatic heterocycles. The van der Waals surface area contributed by atoms with E-state index < -0.39 is 12.3 Å². The topological polar surface area (TPSA) is 61.4 Å². The molecule has 8 rings (SSSR count). The van der Waals surface area contributed by atoms with Gasteiger partial charge in [0.1, 0.15) is 0 Å². The monoisotopic (exact) mass is 514 g/mol. The quantitative estimate of drug-likeness (QED) is 0.300. The molecule has 2 aliphatic carbocycles. The van der Waals surface area contributed by atoms with Crippen LogP contribution in [-0.2, 0) is 0 Å². The van der Waals surface area contributed by atoms with Crippen molar-refractivity contribution < 1.29 is 8.78 Å². The Morgan fingerprint density at radius 1 is 0.605 bits per heavy atom. The SMILES string of the molecule is C[C@@H]1C[C@H]1c1nc2n(n1)[C@H](c1ccccc1)C[C@@H]2F.C[C@H]1C[C@@H]1c1nc2n(n1)[C@H](c1ccccc1)C[C@@H]2F. The molecule has 6 nitrogen and oxygen atoms in total. The van der Waals surface area contributed by atoms with E-state index in [0.717, 1.165) is 35.6 Å². The molecule has 2 aromatic carbocycles. The van der Waals surface area contributed by atoms with Crippen LogP contribution < -0.4 is 0 Å². The van der Waals surface area contributed by atoms with Crippen LogP contribution in [0.3, 0.4) is 0 Å². The van der Waals surface area contributed by atoms with Crippen LogP contribution in [0.25, 0.3) is 0 Å². The number of fused-ring (bicyclic) bond motifs is 2. The Bertz CT molecular complexity index is 1320. The van der Waals surface area contributed by atoms with Crippen molar-refractivity contribution >= 4 is 0 Å². The van der Waals surface area contributed by atoms with Gasteiger partial charge in [0.15, 0.2) is 35.6 Å². The van der Waals surface area contributed by atoms with E-state index in [1.54, 1.807) is 9.36 Å². The van der Waals surface area contributed by atoms with Gasteiger partial charge in [-0.05, 0) is 35.8 Å². The summed E-state index contributed by atoms with van der Waals surface area (Å²) in [5.74, 6) is 4.90. The molecule has 196 valence electrons. The first-order valence-electron chi connectivity index (χ1n) is 13.8. The van der Waals surface area contributed by atoms with Gasteiger partial charge in [-0.2, -0.15) is 10.2 Å². The first-order chi connectivity index (χ1) is 18.5. The van der Waals surface area contributed by atoms with Crippen molar-refractivity contribution in [3.8, 4) is 0 Å². The minimum atomic E-state index is -0.986. The molecule has 38 heavy (non-hydrogen) atoms. The molecule has 2 aliphatic heterocycles. The number of nitrogens with zero attached hydrogens (tertiary/aromatic N) is 6. The van der Waals surface area contributed by atoms with E-state index in [2.05, 4.69) is 34.0 Å². The van der Waals surface area contributed by atoms with Crippen LogP contribution in [0.15, 0.2) is 60.7 Å². The first-order valence-corrected chi connectivity index (χ1v) is 13.8. The molecule has 0 bridgehead atoms. The second kappa shape index (κ2) is 9.10. The highest BCUT2D eigenvalue weighted by Gasteiger charge is 2.43. The summed E-state index contributed by atoms with van der Waals surface area (Å²) in [6, 6.07) is 20.0. The Morgan fingerprint density at radius 3 is 1.32 bits per heavy atom. The summed E-state index contributed by atoms with van der Waals surface area (Å²) in [7, 11) is 0. The molecule has 0 amide bonds. The number of halogens is 2. The van der Waals surface area contributed by atoms with Crippen molar-refractivity contribution in [1.29, 1.82) is 0 Å². The lowest BCUT2D eigenvalue weighted by atomic mass is 10.0. The highest BCUT2D eigenvalue weighted by molar-refractivity contribution is 5.26. The zero-order valence-electron chi connectivity index (χ0n) is 21.7. The predicted octanol–water partition coefficient (Wildman–Crippen LogP) is 6.81. The number of alkyl halides is 2. The Balaban J connectivity index is 0.000000127. The smallest absolute Gasteiger partial charge is 0.162 e. The third-order valence-corrected chi connectivity index (χ3v) is 8.61. The first kappa shape index (κ1) is 23.7. The fourth-order valence-electron chi connectivity index (χ4n) is 5.98. The fourth-order valence-corrected chi connectivity index (χ4v) is 5.98. The van der Waals surface area contributed by atoms with Gasteiger partial charge in [0.2, 0.25) is 0 Å². The highest BCUT2D eigenvalue weighted by atomic mass is 19.1. The number of rotatable bonds is 4. The summed E-state index contributed by atoms with van der Waals surface area (Å²) in [5.41, 5.74) is 2.23. The van der Waals surface area contributed by atoms with E-state index in [1.807, 2.05) is 60.7 Å². The summed E-state index contributed by atoms with van der Waals surface area (Å²) >= 11 is 0. The van der Waals surface area contributed by atoms with Gasteiger partial charge < -0.3 is 0 Å². The molecule has 0 radical (unpaired) electrons. The molecule has 0 saturated heterocycles. The maximum Gasteiger partial charge on any atom is 0.162 e. The van der Waals surface area contributed by atoms with Gasteiger partial charge in [0, 0.05) is 24.7 Å². The summed E-state index contributed by atoms with van der Waals surface area (Å²) in [4.78, 5) is 8.87. The van der Waals surface area contributed by atoms with E-state index in [4.69, 9.17) is 0 Å². The van der Waals surface area contributed by atoms with E-state index in [-0.39, 0.29) is 12.1 Å². The third kappa shape index (κ3) is 4.14. The molecule has 0 unspecified atom stereocenters. The van der Waals surface area contributed by atoms with Crippen molar-refractivity contribution in [2.24, 2.45) is 11.8 Å². The number of benzene rings is 2. The van der Waals surface area contributed by atoms with Crippen molar-refractivity contribution in [3.05, 3.63) is 95.1 Å². The lowest BCUT2D eigenvalue weighted by molar-refractivity contribution is 0.327. The standard InChI is InChI=1S/2C15H16FN3/c2*1-9-7-11(9)14-17-15-12(16)8-13(19(15)18-14)10-5-3-2-4-6-10/h2*2-6,9,11-13H,7-8H2,1H3/t9-,11-,12+,13+;9-,11-,12-,13-/m10/s1. The maximum atomic E-state index is 14.1. The molecule has 8 atom stereocenters. The van der Waals surface area contributed by atoms with E-state index in [1.165, 1.54) is 0 Å².